The van der Waals surface area contributed by atoms with Crippen molar-refractivity contribution >= 4 is 17.7 Å². The summed E-state index contributed by atoms with van der Waals surface area (Å²) in [6.45, 7) is 7.11. The number of aliphatic hydroxyl groups is 1. The summed E-state index contributed by atoms with van der Waals surface area (Å²) in [5.41, 5.74) is -1.64. The van der Waals surface area contributed by atoms with Crippen molar-refractivity contribution < 1.29 is 37.3 Å². The Balaban J connectivity index is 2.10. The maximum atomic E-state index is 13.5. The Morgan fingerprint density at radius 3 is 2.29 bits per heavy atom. The molecule has 0 radical (unpaired) electrons. The van der Waals surface area contributed by atoms with Gasteiger partial charge in [-0.3, -0.25) is 0 Å². The van der Waals surface area contributed by atoms with E-state index >= 15 is 0 Å². The van der Waals surface area contributed by atoms with Crippen LogP contribution in [-0.4, -0.2) is 60.0 Å². The van der Waals surface area contributed by atoms with Crippen molar-refractivity contribution in [1.82, 2.24) is 4.90 Å². The Morgan fingerprint density at radius 1 is 1.18 bits per heavy atom. The summed E-state index contributed by atoms with van der Waals surface area (Å²) in [5.74, 6) is -0.648. The van der Waals surface area contributed by atoms with E-state index in [0.717, 1.165) is 12.1 Å². The molecule has 1 saturated carbocycles. The van der Waals surface area contributed by atoms with Crippen LogP contribution in [0.3, 0.4) is 0 Å². The molecule has 0 aromatic heterocycles. The first-order chi connectivity index (χ1) is 15.8. The molecule has 2 rings (SSSR count). The molecule has 0 saturated heterocycles. The van der Waals surface area contributed by atoms with E-state index in [0.29, 0.717) is 25.7 Å². The number of anilines is 1. The fourth-order valence-electron chi connectivity index (χ4n) is 4.28. The van der Waals surface area contributed by atoms with Crippen molar-refractivity contribution in [3.63, 3.8) is 0 Å². The van der Waals surface area contributed by atoms with E-state index in [1.54, 1.807) is 25.7 Å². The summed E-state index contributed by atoms with van der Waals surface area (Å²) < 4.78 is 50.7. The van der Waals surface area contributed by atoms with Crippen molar-refractivity contribution in [1.29, 1.82) is 0 Å². The number of aliphatic hydroxyl groups excluding tert-OH is 1. The standard InChI is InChI=1S/C24H35F3N2O5/c1-15(28-20-14-17(21(31)33-5)8-11-19(20)24(25,26)27)16-6-9-18(10-7-16)29(12-13-30)22(32)34-23(2,3)4/h8,11,14-16,18,28,30H,6-7,9-10,12-13H2,1-5H3/t15-,16?,18?/m0/s1. The molecule has 192 valence electrons. The highest BCUT2D eigenvalue weighted by Crippen LogP contribution is 2.37. The Labute approximate surface area is 198 Å². The normalized spacial score (nSPS) is 19.8. The van der Waals surface area contributed by atoms with Crippen LogP contribution < -0.4 is 5.32 Å². The van der Waals surface area contributed by atoms with E-state index in [4.69, 9.17) is 4.74 Å². The van der Waals surface area contributed by atoms with Gasteiger partial charge in [-0.1, -0.05) is 0 Å². The number of nitrogens with one attached hydrogen (secondary N) is 1. The molecule has 1 aliphatic rings. The SMILES string of the molecule is COC(=O)c1ccc(C(F)(F)F)c(N[C@@H](C)C2CCC(N(CCO)C(=O)OC(C)(C)C)CC2)c1. The minimum atomic E-state index is -4.58. The van der Waals surface area contributed by atoms with Crippen LogP contribution in [0.25, 0.3) is 0 Å². The number of halogens is 3. The lowest BCUT2D eigenvalue weighted by molar-refractivity contribution is -0.137. The molecule has 0 aliphatic heterocycles. The number of esters is 1. The van der Waals surface area contributed by atoms with E-state index in [1.807, 2.05) is 6.92 Å². The van der Waals surface area contributed by atoms with E-state index in [9.17, 15) is 27.9 Å². The molecule has 0 bridgehead atoms. The van der Waals surface area contributed by atoms with E-state index in [-0.39, 0.29) is 42.4 Å². The fraction of sp³-hybridized carbons (Fsp3) is 0.667. The number of amides is 1. The van der Waals surface area contributed by atoms with Crippen molar-refractivity contribution in [2.45, 2.75) is 77.2 Å². The zero-order valence-corrected chi connectivity index (χ0v) is 20.4. The Morgan fingerprint density at radius 2 is 1.79 bits per heavy atom. The number of hydrogen-bond acceptors (Lipinski definition) is 6. The maximum Gasteiger partial charge on any atom is 0.418 e. The summed E-state index contributed by atoms with van der Waals surface area (Å²) in [4.78, 5) is 25.9. The minimum absolute atomic E-state index is 0.0333. The third-order valence-corrected chi connectivity index (χ3v) is 5.99. The number of carbonyl (C=O) groups is 2. The van der Waals surface area contributed by atoms with Gasteiger partial charge in [0.2, 0.25) is 0 Å². The molecule has 2 N–H and O–H groups in total. The first-order valence-corrected chi connectivity index (χ1v) is 11.4. The van der Waals surface area contributed by atoms with Gasteiger partial charge in [0, 0.05) is 24.3 Å². The van der Waals surface area contributed by atoms with Crippen LogP contribution in [0.15, 0.2) is 18.2 Å². The topological polar surface area (TPSA) is 88.1 Å². The van der Waals surface area contributed by atoms with Gasteiger partial charge < -0.3 is 24.8 Å². The average molecular weight is 489 g/mol. The van der Waals surface area contributed by atoms with Gasteiger partial charge in [-0.2, -0.15) is 13.2 Å². The highest BCUT2D eigenvalue weighted by Gasteiger charge is 2.36. The molecule has 0 unspecified atom stereocenters. The third kappa shape index (κ3) is 7.51. The Kier molecular flexibility index (Phi) is 9.22. The lowest BCUT2D eigenvalue weighted by atomic mass is 9.81. The van der Waals surface area contributed by atoms with Crippen LogP contribution in [0.1, 0.15) is 69.3 Å². The maximum absolute atomic E-state index is 13.5. The Bertz CT molecular complexity index is 846. The molecular formula is C24H35F3N2O5. The summed E-state index contributed by atoms with van der Waals surface area (Å²) in [5, 5.41) is 12.4. The predicted molar refractivity (Wildman–Crippen MR) is 122 cm³/mol. The van der Waals surface area contributed by atoms with Crippen LogP contribution in [0.4, 0.5) is 23.7 Å². The largest absolute Gasteiger partial charge is 0.465 e. The number of rotatable bonds is 7. The Hall–Kier alpha value is -2.49. The first kappa shape index (κ1) is 27.8. The highest BCUT2D eigenvalue weighted by molar-refractivity contribution is 5.90. The van der Waals surface area contributed by atoms with Gasteiger partial charge in [0.1, 0.15) is 5.60 Å². The van der Waals surface area contributed by atoms with Gasteiger partial charge in [-0.15, -0.1) is 0 Å². The van der Waals surface area contributed by atoms with Crippen LogP contribution in [0.2, 0.25) is 0 Å². The lowest BCUT2D eigenvalue weighted by Gasteiger charge is -2.39. The number of hydrogen-bond donors (Lipinski definition) is 2. The molecule has 1 amide bonds. The van der Waals surface area contributed by atoms with Crippen molar-refractivity contribution in [3.8, 4) is 0 Å². The summed E-state index contributed by atoms with van der Waals surface area (Å²) in [6, 6.07) is 2.73. The minimum Gasteiger partial charge on any atom is -0.465 e. The van der Waals surface area contributed by atoms with Gasteiger partial charge in [-0.25, -0.2) is 9.59 Å². The number of benzene rings is 1. The van der Waals surface area contributed by atoms with Crippen LogP contribution >= 0.6 is 0 Å². The number of carbonyl (C=O) groups excluding carboxylic acids is 2. The molecular weight excluding hydrogens is 453 g/mol. The van der Waals surface area contributed by atoms with Gasteiger partial charge in [0.15, 0.2) is 0 Å². The zero-order valence-electron chi connectivity index (χ0n) is 20.4. The van der Waals surface area contributed by atoms with Crippen LogP contribution in [-0.2, 0) is 15.7 Å². The van der Waals surface area contributed by atoms with E-state index in [2.05, 4.69) is 10.1 Å². The second kappa shape index (κ2) is 11.3. The second-order valence-corrected chi connectivity index (χ2v) is 9.65. The third-order valence-electron chi connectivity index (χ3n) is 5.99. The molecule has 34 heavy (non-hydrogen) atoms. The van der Waals surface area contributed by atoms with Crippen LogP contribution in [0, 0.1) is 5.92 Å². The molecule has 10 heteroatoms. The molecule has 1 fully saturated rings. The van der Waals surface area contributed by atoms with Gasteiger partial charge in [-0.05, 0) is 77.5 Å². The molecule has 1 aromatic rings. The molecule has 7 nitrogen and oxygen atoms in total. The predicted octanol–water partition coefficient (Wildman–Crippen LogP) is 5.08. The van der Waals surface area contributed by atoms with Crippen molar-refractivity contribution in [2.24, 2.45) is 5.92 Å². The smallest absolute Gasteiger partial charge is 0.418 e. The number of methoxy groups -OCH3 is 1. The highest BCUT2D eigenvalue weighted by atomic mass is 19.4. The zero-order chi connectivity index (χ0) is 25.7. The monoisotopic (exact) mass is 488 g/mol. The fourth-order valence-corrected chi connectivity index (χ4v) is 4.28. The molecule has 0 heterocycles. The van der Waals surface area contributed by atoms with Crippen LogP contribution in [0.5, 0.6) is 0 Å². The first-order valence-electron chi connectivity index (χ1n) is 11.4. The average Bonchev–Trinajstić information content (AvgIpc) is 2.75. The summed E-state index contributed by atoms with van der Waals surface area (Å²) >= 11 is 0. The number of alkyl halides is 3. The molecule has 1 aromatic carbocycles. The van der Waals surface area contributed by atoms with Gasteiger partial charge >= 0.3 is 18.2 Å². The molecule has 1 aliphatic carbocycles. The number of ether oxygens (including phenoxy) is 2. The van der Waals surface area contributed by atoms with Gasteiger partial charge in [0.25, 0.3) is 0 Å². The van der Waals surface area contributed by atoms with E-state index < -0.39 is 29.4 Å². The summed E-state index contributed by atoms with van der Waals surface area (Å²) in [7, 11) is 1.17. The molecule has 1 atom stereocenters. The quantitative estimate of drug-likeness (QED) is 0.521. The van der Waals surface area contributed by atoms with Crippen molar-refractivity contribution in [2.75, 3.05) is 25.6 Å². The van der Waals surface area contributed by atoms with E-state index in [1.165, 1.54) is 13.2 Å². The molecule has 0 spiro atoms. The lowest BCUT2D eigenvalue weighted by Crippen LogP contribution is -2.47. The number of nitrogens with zero attached hydrogens (tertiary/aromatic N) is 1. The second-order valence-electron chi connectivity index (χ2n) is 9.65. The van der Waals surface area contributed by atoms with Crippen molar-refractivity contribution in [3.05, 3.63) is 29.3 Å². The summed E-state index contributed by atoms with van der Waals surface area (Å²) in [6.07, 6.45) is -2.41. The van der Waals surface area contributed by atoms with Gasteiger partial charge in [0.05, 0.1) is 24.8 Å².